The smallest absolute Gasteiger partial charge is 0.218 e. The summed E-state index contributed by atoms with van der Waals surface area (Å²) in [6, 6.07) is 0.515. The highest BCUT2D eigenvalue weighted by Crippen LogP contribution is 2.21. The second kappa shape index (κ2) is 6.08. The Bertz CT molecular complexity index is 209. The largest absolute Gasteiger partial charge is 0.380 e. The van der Waals surface area contributed by atoms with Gasteiger partial charge in [0.1, 0.15) is 0 Å². The van der Waals surface area contributed by atoms with Crippen LogP contribution in [-0.2, 0) is 9.53 Å². The van der Waals surface area contributed by atoms with Gasteiger partial charge < -0.3 is 15.8 Å². The van der Waals surface area contributed by atoms with Gasteiger partial charge >= 0.3 is 0 Å². The number of nitrogens with two attached hydrogens (primary N) is 1. The number of carbonyl (C=O) groups is 1. The van der Waals surface area contributed by atoms with Crippen molar-refractivity contribution in [2.75, 3.05) is 7.11 Å². The zero-order valence-electron chi connectivity index (χ0n) is 9.66. The van der Waals surface area contributed by atoms with Crippen molar-refractivity contribution in [3.8, 4) is 0 Å². The van der Waals surface area contributed by atoms with E-state index < -0.39 is 0 Å². The van der Waals surface area contributed by atoms with Gasteiger partial charge in [0.15, 0.2) is 0 Å². The van der Waals surface area contributed by atoms with Crippen LogP contribution in [-0.4, -0.2) is 31.2 Å². The van der Waals surface area contributed by atoms with Crippen molar-refractivity contribution in [1.29, 1.82) is 0 Å². The molecule has 3 atom stereocenters. The monoisotopic (exact) mass is 214 g/mol. The Morgan fingerprint density at radius 1 is 1.53 bits per heavy atom. The van der Waals surface area contributed by atoms with E-state index in [-0.39, 0.29) is 18.1 Å². The maximum absolute atomic E-state index is 10.8. The van der Waals surface area contributed by atoms with E-state index in [1.165, 1.54) is 12.8 Å². The third kappa shape index (κ3) is 4.18. The second-order valence-electron chi connectivity index (χ2n) is 4.40. The summed E-state index contributed by atoms with van der Waals surface area (Å²) in [7, 11) is 1.75. The van der Waals surface area contributed by atoms with Crippen molar-refractivity contribution < 1.29 is 9.53 Å². The maximum atomic E-state index is 10.8. The Hall–Kier alpha value is -0.610. The van der Waals surface area contributed by atoms with Gasteiger partial charge in [-0.2, -0.15) is 0 Å². The molecule has 0 aromatic heterocycles. The molecule has 88 valence electrons. The molecule has 0 aromatic carbocycles. The predicted octanol–water partition coefficient (Wildman–Crippen LogP) is 0.798. The summed E-state index contributed by atoms with van der Waals surface area (Å²) in [5.74, 6) is -0.250. The van der Waals surface area contributed by atoms with Gasteiger partial charge in [-0.25, -0.2) is 0 Å². The molecule has 0 radical (unpaired) electrons. The van der Waals surface area contributed by atoms with Crippen molar-refractivity contribution in [1.82, 2.24) is 5.32 Å². The molecule has 4 nitrogen and oxygen atoms in total. The highest BCUT2D eigenvalue weighted by atomic mass is 16.5. The van der Waals surface area contributed by atoms with Gasteiger partial charge in [-0.05, 0) is 19.8 Å². The highest BCUT2D eigenvalue weighted by Gasteiger charge is 2.25. The number of carbonyl (C=O) groups excluding carboxylic acids is 1. The Morgan fingerprint density at radius 2 is 2.20 bits per heavy atom. The summed E-state index contributed by atoms with van der Waals surface area (Å²) < 4.78 is 5.43. The molecular formula is C11H22N2O2. The van der Waals surface area contributed by atoms with Crippen LogP contribution in [0.3, 0.4) is 0 Å². The molecule has 0 aliphatic heterocycles. The fraction of sp³-hybridized carbons (Fsp3) is 0.909. The minimum atomic E-state index is -0.250. The zero-order chi connectivity index (χ0) is 11.3. The van der Waals surface area contributed by atoms with Gasteiger partial charge in [0.05, 0.1) is 6.10 Å². The minimum absolute atomic E-state index is 0.142. The molecule has 1 aliphatic carbocycles. The lowest BCUT2D eigenvalue weighted by atomic mass is 9.91. The summed E-state index contributed by atoms with van der Waals surface area (Å²) in [5.41, 5.74) is 5.16. The fourth-order valence-corrected chi connectivity index (χ4v) is 2.30. The van der Waals surface area contributed by atoms with E-state index in [4.69, 9.17) is 10.5 Å². The predicted molar refractivity (Wildman–Crippen MR) is 59.5 cm³/mol. The third-order valence-electron chi connectivity index (χ3n) is 3.01. The molecule has 1 fully saturated rings. The molecule has 3 unspecified atom stereocenters. The molecule has 1 rings (SSSR count). The van der Waals surface area contributed by atoms with E-state index in [0.717, 1.165) is 12.8 Å². The standard InChI is InChI=1S/C11H22N2O2/c1-8(7-11(12)14)13-9-5-3-4-6-10(9)15-2/h8-10,13H,3-7H2,1-2H3,(H2,12,14). The number of ether oxygens (including phenoxy) is 1. The lowest BCUT2D eigenvalue weighted by Gasteiger charge is -2.33. The number of hydrogen-bond donors (Lipinski definition) is 2. The van der Waals surface area contributed by atoms with E-state index in [9.17, 15) is 4.79 Å². The van der Waals surface area contributed by atoms with Crippen molar-refractivity contribution in [2.45, 2.75) is 57.2 Å². The number of amides is 1. The number of nitrogens with one attached hydrogen (secondary N) is 1. The second-order valence-corrected chi connectivity index (χ2v) is 4.40. The zero-order valence-corrected chi connectivity index (χ0v) is 9.66. The van der Waals surface area contributed by atoms with Crippen LogP contribution in [0.1, 0.15) is 39.0 Å². The first-order valence-electron chi connectivity index (χ1n) is 5.70. The first-order chi connectivity index (χ1) is 7.13. The summed E-state index contributed by atoms with van der Waals surface area (Å²) in [4.78, 5) is 10.8. The van der Waals surface area contributed by atoms with Crippen LogP contribution in [0, 0.1) is 0 Å². The summed E-state index contributed by atoms with van der Waals surface area (Å²) >= 11 is 0. The first kappa shape index (κ1) is 12.5. The van der Waals surface area contributed by atoms with E-state index >= 15 is 0 Å². The molecule has 1 amide bonds. The molecule has 15 heavy (non-hydrogen) atoms. The van der Waals surface area contributed by atoms with E-state index in [0.29, 0.717) is 12.5 Å². The molecular weight excluding hydrogens is 192 g/mol. The molecule has 3 N–H and O–H groups in total. The number of methoxy groups -OCH3 is 1. The Kier molecular flexibility index (Phi) is 5.05. The topological polar surface area (TPSA) is 64.3 Å². The van der Waals surface area contributed by atoms with Crippen molar-refractivity contribution in [3.63, 3.8) is 0 Å². The molecule has 0 aromatic rings. The normalized spacial score (nSPS) is 28.7. The fourth-order valence-electron chi connectivity index (χ4n) is 2.30. The molecule has 0 saturated heterocycles. The van der Waals surface area contributed by atoms with Crippen LogP contribution < -0.4 is 11.1 Å². The lowest BCUT2D eigenvalue weighted by Crippen LogP contribution is -2.47. The molecule has 4 heteroatoms. The van der Waals surface area contributed by atoms with Crippen LogP contribution in [0.15, 0.2) is 0 Å². The number of primary amides is 1. The minimum Gasteiger partial charge on any atom is -0.380 e. The van der Waals surface area contributed by atoms with E-state index in [2.05, 4.69) is 5.32 Å². The average molecular weight is 214 g/mol. The van der Waals surface area contributed by atoms with Gasteiger partial charge in [-0.1, -0.05) is 12.8 Å². The quantitative estimate of drug-likeness (QED) is 0.711. The average Bonchev–Trinajstić information content (AvgIpc) is 2.17. The third-order valence-corrected chi connectivity index (χ3v) is 3.01. The Morgan fingerprint density at radius 3 is 2.80 bits per heavy atom. The van der Waals surface area contributed by atoms with Crippen LogP contribution >= 0.6 is 0 Å². The van der Waals surface area contributed by atoms with E-state index in [1.807, 2.05) is 6.92 Å². The van der Waals surface area contributed by atoms with Crippen LogP contribution in [0.25, 0.3) is 0 Å². The van der Waals surface area contributed by atoms with Gasteiger partial charge in [-0.15, -0.1) is 0 Å². The molecule has 0 bridgehead atoms. The SMILES string of the molecule is COC1CCCCC1NC(C)CC(N)=O. The van der Waals surface area contributed by atoms with Gasteiger partial charge in [0, 0.05) is 25.6 Å². The lowest BCUT2D eigenvalue weighted by molar-refractivity contribution is -0.118. The molecule has 0 heterocycles. The van der Waals surface area contributed by atoms with E-state index in [1.54, 1.807) is 7.11 Å². The van der Waals surface area contributed by atoms with Crippen molar-refractivity contribution >= 4 is 5.91 Å². The van der Waals surface area contributed by atoms with Crippen LogP contribution in [0.2, 0.25) is 0 Å². The number of hydrogen-bond acceptors (Lipinski definition) is 3. The molecule has 1 aliphatic rings. The Balaban J connectivity index is 2.37. The molecule has 1 saturated carbocycles. The first-order valence-corrected chi connectivity index (χ1v) is 5.70. The van der Waals surface area contributed by atoms with Crippen molar-refractivity contribution in [2.24, 2.45) is 5.73 Å². The van der Waals surface area contributed by atoms with Crippen LogP contribution in [0.5, 0.6) is 0 Å². The van der Waals surface area contributed by atoms with Crippen molar-refractivity contribution in [3.05, 3.63) is 0 Å². The summed E-state index contributed by atoms with van der Waals surface area (Å²) in [5, 5.41) is 3.43. The summed E-state index contributed by atoms with van der Waals surface area (Å²) in [6.07, 6.45) is 5.39. The maximum Gasteiger partial charge on any atom is 0.218 e. The van der Waals surface area contributed by atoms with Crippen LogP contribution in [0.4, 0.5) is 0 Å². The van der Waals surface area contributed by atoms with Gasteiger partial charge in [0.2, 0.25) is 5.91 Å². The molecule has 0 spiro atoms. The Labute approximate surface area is 91.5 Å². The summed E-state index contributed by atoms with van der Waals surface area (Å²) in [6.45, 7) is 1.99. The van der Waals surface area contributed by atoms with Gasteiger partial charge in [-0.3, -0.25) is 4.79 Å². The highest BCUT2D eigenvalue weighted by molar-refractivity contribution is 5.74. The van der Waals surface area contributed by atoms with Gasteiger partial charge in [0.25, 0.3) is 0 Å². The number of rotatable bonds is 5.